The highest BCUT2D eigenvalue weighted by Gasteiger charge is 2.17. The van der Waals surface area contributed by atoms with Crippen molar-refractivity contribution in [2.24, 2.45) is 0 Å². The molecule has 21 heavy (non-hydrogen) atoms. The van der Waals surface area contributed by atoms with E-state index in [-0.39, 0.29) is 0 Å². The molecule has 1 aliphatic heterocycles. The predicted octanol–water partition coefficient (Wildman–Crippen LogP) is 2.53. The first kappa shape index (κ1) is 12.7. The number of hydrogen-bond acceptors (Lipinski definition) is 6. The molecule has 1 fully saturated rings. The van der Waals surface area contributed by atoms with Crippen LogP contribution < -0.4 is 10.6 Å². The highest BCUT2D eigenvalue weighted by molar-refractivity contribution is 7.16. The zero-order valence-electron chi connectivity index (χ0n) is 11.4. The van der Waals surface area contributed by atoms with E-state index in [9.17, 15) is 0 Å². The van der Waals surface area contributed by atoms with E-state index in [1.54, 1.807) is 17.5 Å². The maximum atomic E-state index is 4.70. The number of thiophene rings is 1. The average Bonchev–Trinajstić information content (AvgIpc) is 3.19. The molecule has 1 saturated heterocycles. The highest BCUT2D eigenvalue weighted by atomic mass is 32.1. The van der Waals surface area contributed by atoms with Gasteiger partial charge in [-0.1, -0.05) is 6.07 Å². The van der Waals surface area contributed by atoms with Crippen molar-refractivity contribution in [2.75, 3.05) is 18.4 Å². The van der Waals surface area contributed by atoms with Crippen molar-refractivity contribution in [1.29, 1.82) is 0 Å². The monoisotopic (exact) mass is 297 g/mol. The second-order valence-corrected chi connectivity index (χ2v) is 5.98. The Morgan fingerprint density at radius 3 is 3.05 bits per heavy atom. The number of rotatable bonds is 3. The van der Waals surface area contributed by atoms with Gasteiger partial charge >= 0.3 is 0 Å². The first-order valence-corrected chi connectivity index (χ1v) is 7.92. The molecule has 0 aliphatic carbocycles. The van der Waals surface area contributed by atoms with E-state index < -0.39 is 0 Å². The SMILES string of the molecule is c1ccc(-c2nc(N[C@H]3CCNC3)c3ccsc3n2)nc1. The molecule has 2 N–H and O–H groups in total. The van der Waals surface area contributed by atoms with Crippen molar-refractivity contribution >= 4 is 27.4 Å². The highest BCUT2D eigenvalue weighted by Crippen LogP contribution is 2.28. The number of nitrogens with one attached hydrogen (secondary N) is 2. The van der Waals surface area contributed by atoms with Crippen molar-refractivity contribution in [3.8, 4) is 11.5 Å². The molecule has 0 saturated carbocycles. The number of nitrogens with zero attached hydrogens (tertiary/aromatic N) is 3. The van der Waals surface area contributed by atoms with Crippen LogP contribution in [0, 0.1) is 0 Å². The fourth-order valence-corrected chi connectivity index (χ4v) is 3.31. The normalized spacial score (nSPS) is 18.2. The minimum absolute atomic E-state index is 0.430. The lowest BCUT2D eigenvalue weighted by atomic mass is 10.2. The number of anilines is 1. The van der Waals surface area contributed by atoms with Crippen molar-refractivity contribution in [3.05, 3.63) is 35.8 Å². The smallest absolute Gasteiger partial charge is 0.181 e. The Bertz CT molecular complexity index is 749. The van der Waals surface area contributed by atoms with Crippen molar-refractivity contribution in [3.63, 3.8) is 0 Å². The summed E-state index contributed by atoms with van der Waals surface area (Å²) >= 11 is 1.63. The molecule has 1 aliphatic rings. The van der Waals surface area contributed by atoms with Crippen LogP contribution in [-0.2, 0) is 0 Å². The summed E-state index contributed by atoms with van der Waals surface area (Å²) in [6, 6.07) is 8.30. The summed E-state index contributed by atoms with van der Waals surface area (Å²) in [6.45, 7) is 2.04. The summed E-state index contributed by atoms with van der Waals surface area (Å²) in [5, 5.41) is 10.1. The van der Waals surface area contributed by atoms with Gasteiger partial charge in [0.05, 0.1) is 5.39 Å². The van der Waals surface area contributed by atoms with Crippen LogP contribution in [0.5, 0.6) is 0 Å². The summed E-state index contributed by atoms with van der Waals surface area (Å²) < 4.78 is 0. The van der Waals surface area contributed by atoms with E-state index in [4.69, 9.17) is 4.98 Å². The lowest BCUT2D eigenvalue weighted by Gasteiger charge is -2.13. The van der Waals surface area contributed by atoms with Gasteiger partial charge in [0, 0.05) is 18.8 Å². The summed E-state index contributed by atoms with van der Waals surface area (Å²) in [4.78, 5) is 14.7. The molecule has 0 unspecified atom stereocenters. The van der Waals surface area contributed by atoms with Crippen LogP contribution in [0.25, 0.3) is 21.7 Å². The molecule has 5 nitrogen and oxygen atoms in total. The second kappa shape index (κ2) is 5.38. The molecule has 106 valence electrons. The standard InChI is InChI=1S/C15H15N5S/c1-2-6-17-12(3-1)14-19-13(18-10-4-7-16-9-10)11-5-8-21-15(11)20-14/h1-3,5-6,8,10,16H,4,7,9H2,(H,18,19,20)/t10-/m0/s1. The van der Waals surface area contributed by atoms with E-state index in [2.05, 4.69) is 32.0 Å². The fourth-order valence-electron chi connectivity index (χ4n) is 2.55. The molecule has 0 amide bonds. The molecular formula is C15H15N5S. The first-order chi connectivity index (χ1) is 10.4. The van der Waals surface area contributed by atoms with Gasteiger partial charge in [-0.15, -0.1) is 11.3 Å². The Labute approximate surface area is 126 Å². The zero-order chi connectivity index (χ0) is 14.1. The minimum Gasteiger partial charge on any atom is -0.365 e. The van der Waals surface area contributed by atoms with Gasteiger partial charge in [-0.05, 0) is 36.5 Å². The van der Waals surface area contributed by atoms with Crippen molar-refractivity contribution < 1.29 is 0 Å². The Kier molecular flexibility index (Phi) is 3.25. The Morgan fingerprint density at radius 2 is 2.24 bits per heavy atom. The molecule has 3 aromatic rings. The molecule has 6 heteroatoms. The van der Waals surface area contributed by atoms with Crippen LogP contribution in [0.2, 0.25) is 0 Å². The van der Waals surface area contributed by atoms with Crippen LogP contribution in [0.3, 0.4) is 0 Å². The van der Waals surface area contributed by atoms with Crippen molar-refractivity contribution in [1.82, 2.24) is 20.3 Å². The Hall–Kier alpha value is -2.05. The van der Waals surface area contributed by atoms with Gasteiger partial charge in [-0.2, -0.15) is 0 Å². The number of hydrogen-bond donors (Lipinski definition) is 2. The maximum absolute atomic E-state index is 4.70. The largest absolute Gasteiger partial charge is 0.365 e. The van der Waals surface area contributed by atoms with Gasteiger partial charge in [0.1, 0.15) is 16.3 Å². The second-order valence-electron chi connectivity index (χ2n) is 5.08. The lowest BCUT2D eigenvalue weighted by molar-refractivity contribution is 0.789. The van der Waals surface area contributed by atoms with E-state index in [1.807, 2.05) is 18.2 Å². The zero-order valence-corrected chi connectivity index (χ0v) is 12.2. The fraction of sp³-hybridized carbons (Fsp3) is 0.267. The van der Waals surface area contributed by atoms with Crippen LogP contribution >= 0.6 is 11.3 Å². The third kappa shape index (κ3) is 2.48. The molecule has 0 aromatic carbocycles. The quantitative estimate of drug-likeness (QED) is 0.778. The van der Waals surface area contributed by atoms with Crippen LogP contribution in [0.1, 0.15) is 6.42 Å². The molecular weight excluding hydrogens is 282 g/mol. The van der Waals surface area contributed by atoms with Gasteiger partial charge in [0.15, 0.2) is 5.82 Å². The van der Waals surface area contributed by atoms with E-state index in [0.717, 1.165) is 41.2 Å². The summed E-state index contributed by atoms with van der Waals surface area (Å²) in [7, 11) is 0. The summed E-state index contributed by atoms with van der Waals surface area (Å²) in [6.07, 6.45) is 2.89. The van der Waals surface area contributed by atoms with Gasteiger partial charge in [-0.3, -0.25) is 4.98 Å². The number of aromatic nitrogens is 3. The van der Waals surface area contributed by atoms with E-state index >= 15 is 0 Å². The predicted molar refractivity (Wildman–Crippen MR) is 85.5 cm³/mol. The summed E-state index contributed by atoms with van der Waals surface area (Å²) in [5.41, 5.74) is 0.806. The molecule has 0 radical (unpaired) electrons. The van der Waals surface area contributed by atoms with Gasteiger partial charge in [-0.25, -0.2) is 9.97 Å². The molecule has 3 aromatic heterocycles. The molecule has 4 rings (SSSR count). The lowest BCUT2D eigenvalue weighted by Crippen LogP contribution is -2.23. The first-order valence-electron chi connectivity index (χ1n) is 7.04. The maximum Gasteiger partial charge on any atom is 0.181 e. The minimum atomic E-state index is 0.430. The van der Waals surface area contributed by atoms with Crippen molar-refractivity contribution in [2.45, 2.75) is 12.5 Å². The third-order valence-electron chi connectivity index (χ3n) is 3.62. The van der Waals surface area contributed by atoms with Gasteiger partial charge < -0.3 is 10.6 Å². The van der Waals surface area contributed by atoms with E-state index in [1.165, 1.54) is 0 Å². The Balaban J connectivity index is 1.78. The molecule has 1 atom stereocenters. The van der Waals surface area contributed by atoms with Crippen LogP contribution in [-0.4, -0.2) is 34.1 Å². The van der Waals surface area contributed by atoms with Crippen LogP contribution in [0.15, 0.2) is 35.8 Å². The Morgan fingerprint density at radius 1 is 1.24 bits per heavy atom. The molecule has 4 heterocycles. The number of pyridine rings is 1. The van der Waals surface area contributed by atoms with E-state index in [0.29, 0.717) is 11.9 Å². The van der Waals surface area contributed by atoms with Gasteiger partial charge in [0.25, 0.3) is 0 Å². The summed E-state index contributed by atoms with van der Waals surface area (Å²) in [5.74, 6) is 1.59. The topological polar surface area (TPSA) is 62.7 Å². The number of fused-ring (bicyclic) bond motifs is 1. The molecule has 0 bridgehead atoms. The average molecular weight is 297 g/mol. The van der Waals surface area contributed by atoms with Crippen LogP contribution in [0.4, 0.5) is 5.82 Å². The molecule has 0 spiro atoms. The third-order valence-corrected chi connectivity index (χ3v) is 4.43. The van der Waals surface area contributed by atoms with Gasteiger partial charge in [0.2, 0.25) is 0 Å².